The fourth-order valence-corrected chi connectivity index (χ4v) is 3.54. The highest BCUT2D eigenvalue weighted by molar-refractivity contribution is 5.73. The first kappa shape index (κ1) is 23.0. The molecule has 0 heterocycles. The summed E-state index contributed by atoms with van der Waals surface area (Å²) in [6.45, 7) is 3.68. The normalized spacial score (nSPS) is 12.9. The van der Waals surface area contributed by atoms with Crippen molar-refractivity contribution >= 4 is 6.03 Å². The second kappa shape index (κ2) is 13.0. The van der Waals surface area contributed by atoms with Crippen molar-refractivity contribution in [2.24, 2.45) is 0 Å². The molecule has 0 aliphatic heterocycles. The molecule has 0 bridgehead atoms. The van der Waals surface area contributed by atoms with E-state index in [9.17, 15) is 9.90 Å². The smallest absolute Gasteiger partial charge is 0.314 e. The van der Waals surface area contributed by atoms with Crippen LogP contribution < -0.4 is 10.6 Å². The quantitative estimate of drug-likeness (QED) is 0.425. The predicted molar refractivity (Wildman–Crippen MR) is 120 cm³/mol. The van der Waals surface area contributed by atoms with E-state index in [1.54, 1.807) is 0 Å². The Labute approximate surface area is 175 Å². The highest BCUT2D eigenvalue weighted by Crippen LogP contribution is 2.29. The molecule has 4 heteroatoms. The molecule has 0 fully saturated rings. The van der Waals surface area contributed by atoms with Crippen molar-refractivity contribution in [3.8, 4) is 0 Å². The minimum absolute atomic E-state index is 0.0748. The van der Waals surface area contributed by atoms with E-state index in [1.807, 2.05) is 24.3 Å². The molecule has 2 aromatic carbocycles. The second-order valence-electron chi connectivity index (χ2n) is 8.02. The van der Waals surface area contributed by atoms with Crippen LogP contribution in [0.3, 0.4) is 0 Å². The lowest BCUT2D eigenvalue weighted by Gasteiger charge is -2.28. The van der Waals surface area contributed by atoms with Crippen molar-refractivity contribution in [3.05, 3.63) is 71.8 Å². The van der Waals surface area contributed by atoms with Gasteiger partial charge < -0.3 is 15.7 Å². The Morgan fingerprint density at radius 2 is 1.41 bits per heavy atom. The summed E-state index contributed by atoms with van der Waals surface area (Å²) in [5, 5.41) is 15.7. The summed E-state index contributed by atoms with van der Waals surface area (Å²) in [7, 11) is 0. The Morgan fingerprint density at radius 1 is 0.828 bits per heavy atom. The standard InChI is InChI=1S/C25H36N2O2/c1-25(21-28,23-16-7-3-8-17-23)18-10-4-11-19-26-24(29)27-20-12-9-15-22-13-5-2-6-14-22/h2-3,5-8,13-14,16-17,28H,4,9-12,15,18-21H2,1H3,(H2,26,27,29). The van der Waals surface area contributed by atoms with E-state index in [4.69, 9.17) is 0 Å². The minimum Gasteiger partial charge on any atom is -0.395 e. The SMILES string of the molecule is CC(CO)(CCCCCNC(=O)NCCCCc1ccccc1)c1ccccc1. The van der Waals surface area contributed by atoms with Crippen LogP contribution in [-0.2, 0) is 11.8 Å². The third-order valence-electron chi connectivity index (χ3n) is 5.53. The average Bonchev–Trinajstić information content (AvgIpc) is 2.77. The molecular formula is C25H36N2O2. The van der Waals surface area contributed by atoms with Gasteiger partial charge in [-0.2, -0.15) is 0 Å². The van der Waals surface area contributed by atoms with Crippen molar-refractivity contribution in [2.75, 3.05) is 19.7 Å². The summed E-state index contributed by atoms with van der Waals surface area (Å²) >= 11 is 0. The van der Waals surface area contributed by atoms with Gasteiger partial charge in [-0.1, -0.05) is 80.4 Å². The van der Waals surface area contributed by atoms with Gasteiger partial charge in [-0.05, 0) is 43.2 Å². The van der Waals surface area contributed by atoms with Gasteiger partial charge in [-0.15, -0.1) is 0 Å². The molecule has 1 atom stereocenters. The maximum Gasteiger partial charge on any atom is 0.314 e. The summed E-state index contributed by atoms with van der Waals surface area (Å²) in [6, 6.07) is 20.6. The molecule has 158 valence electrons. The van der Waals surface area contributed by atoms with E-state index in [0.29, 0.717) is 13.1 Å². The first-order valence-electron chi connectivity index (χ1n) is 10.9. The van der Waals surface area contributed by atoms with Crippen molar-refractivity contribution in [1.29, 1.82) is 0 Å². The Hall–Kier alpha value is -2.33. The molecule has 0 spiro atoms. The number of nitrogens with one attached hydrogen (secondary N) is 2. The molecule has 0 aromatic heterocycles. The van der Waals surface area contributed by atoms with Gasteiger partial charge in [0.1, 0.15) is 0 Å². The number of carbonyl (C=O) groups is 1. The zero-order chi connectivity index (χ0) is 20.8. The van der Waals surface area contributed by atoms with Gasteiger partial charge in [0, 0.05) is 18.5 Å². The Bertz CT molecular complexity index is 690. The number of aliphatic hydroxyl groups excluding tert-OH is 1. The Kier molecular flexibility index (Phi) is 10.3. The topological polar surface area (TPSA) is 61.4 Å². The van der Waals surface area contributed by atoms with Crippen LogP contribution in [0.15, 0.2) is 60.7 Å². The minimum atomic E-state index is -0.189. The van der Waals surface area contributed by atoms with Gasteiger partial charge in [0.15, 0.2) is 0 Å². The lowest BCUT2D eigenvalue weighted by atomic mass is 9.79. The largest absolute Gasteiger partial charge is 0.395 e. The number of aryl methyl sites for hydroxylation is 1. The summed E-state index contributed by atoms with van der Waals surface area (Å²) in [5.74, 6) is 0. The van der Waals surface area contributed by atoms with E-state index in [-0.39, 0.29) is 18.1 Å². The molecule has 2 amide bonds. The molecule has 4 nitrogen and oxygen atoms in total. The number of urea groups is 1. The zero-order valence-corrected chi connectivity index (χ0v) is 17.7. The van der Waals surface area contributed by atoms with Gasteiger partial charge in [-0.3, -0.25) is 0 Å². The monoisotopic (exact) mass is 396 g/mol. The van der Waals surface area contributed by atoms with Crippen LogP contribution in [-0.4, -0.2) is 30.8 Å². The van der Waals surface area contributed by atoms with Gasteiger partial charge in [0.2, 0.25) is 0 Å². The Balaban J connectivity index is 1.49. The maximum atomic E-state index is 11.8. The molecule has 0 saturated carbocycles. The number of hydrogen-bond donors (Lipinski definition) is 3. The average molecular weight is 397 g/mol. The first-order valence-corrected chi connectivity index (χ1v) is 10.9. The molecule has 29 heavy (non-hydrogen) atoms. The van der Waals surface area contributed by atoms with Crippen molar-refractivity contribution in [2.45, 2.75) is 57.3 Å². The maximum absolute atomic E-state index is 11.8. The lowest BCUT2D eigenvalue weighted by molar-refractivity contribution is 0.193. The van der Waals surface area contributed by atoms with Crippen molar-refractivity contribution in [3.63, 3.8) is 0 Å². The van der Waals surface area contributed by atoms with Crippen LogP contribution in [0, 0.1) is 0 Å². The van der Waals surface area contributed by atoms with Crippen LogP contribution in [0.1, 0.15) is 56.6 Å². The lowest BCUT2D eigenvalue weighted by Crippen LogP contribution is -2.36. The Morgan fingerprint density at radius 3 is 2.03 bits per heavy atom. The van der Waals surface area contributed by atoms with Crippen molar-refractivity contribution in [1.82, 2.24) is 10.6 Å². The molecule has 2 rings (SSSR count). The van der Waals surface area contributed by atoms with Gasteiger partial charge in [0.05, 0.1) is 6.61 Å². The number of benzene rings is 2. The molecule has 0 radical (unpaired) electrons. The number of amides is 2. The molecule has 2 aromatic rings. The third-order valence-corrected chi connectivity index (χ3v) is 5.53. The summed E-state index contributed by atoms with van der Waals surface area (Å²) < 4.78 is 0. The number of carbonyl (C=O) groups excluding carboxylic acids is 1. The van der Waals surface area contributed by atoms with E-state index in [1.165, 1.54) is 11.1 Å². The first-order chi connectivity index (χ1) is 14.1. The van der Waals surface area contributed by atoms with E-state index >= 15 is 0 Å². The van der Waals surface area contributed by atoms with Crippen LogP contribution in [0.5, 0.6) is 0 Å². The van der Waals surface area contributed by atoms with Gasteiger partial charge >= 0.3 is 6.03 Å². The van der Waals surface area contributed by atoms with E-state index in [0.717, 1.165) is 44.9 Å². The second-order valence-corrected chi connectivity index (χ2v) is 8.02. The van der Waals surface area contributed by atoms with Crippen LogP contribution >= 0.6 is 0 Å². The van der Waals surface area contributed by atoms with Crippen LogP contribution in [0.25, 0.3) is 0 Å². The fraction of sp³-hybridized carbons (Fsp3) is 0.480. The highest BCUT2D eigenvalue weighted by atomic mass is 16.3. The van der Waals surface area contributed by atoms with E-state index < -0.39 is 0 Å². The van der Waals surface area contributed by atoms with Crippen LogP contribution in [0.4, 0.5) is 4.79 Å². The zero-order valence-electron chi connectivity index (χ0n) is 17.7. The summed E-state index contributed by atoms with van der Waals surface area (Å²) in [6.07, 6.45) is 7.10. The number of hydrogen-bond acceptors (Lipinski definition) is 2. The van der Waals surface area contributed by atoms with Crippen LogP contribution in [0.2, 0.25) is 0 Å². The molecule has 0 aliphatic carbocycles. The number of rotatable bonds is 13. The molecule has 0 aliphatic rings. The predicted octanol–water partition coefficient (Wildman–Crippen LogP) is 4.82. The van der Waals surface area contributed by atoms with Gasteiger partial charge in [0.25, 0.3) is 0 Å². The number of aliphatic hydroxyl groups is 1. The van der Waals surface area contributed by atoms with E-state index in [2.05, 4.69) is 54.0 Å². The molecule has 3 N–H and O–H groups in total. The number of unbranched alkanes of at least 4 members (excludes halogenated alkanes) is 3. The third kappa shape index (κ3) is 8.70. The highest BCUT2D eigenvalue weighted by Gasteiger charge is 2.24. The fourth-order valence-electron chi connectivity index (χ4n) is 3.54. The van der Waals surface area contributed by atoms with Crippen molar-refractivity contribution < 1.29 is 9.90 Å². The molecule has 0 saturated heterocycles. The summed E-state index contributed by atoms with van der Waals surface area (Å²) in [4.78, 5) is 11.8. The molecule has 1 unspecified atom stereocenters. The van der Waals surface area contributed by atoms with Gasteiger partial charge in [-0.25, -0.2) is 4.79 Å². The summed E-state index contributed by atoms with van der Waals surface area (Å²) in [5.41, 5.74) is 2.35. The molecular weight excluding hydrogens is 360 g/mol.